The van der Waals surface area contributed by atoms with E-state index in [1.807, 2.05) is 0 Å². The fraction of sp³-hybridized carbons (Fsp3) is 0.385. The van der Waals surface area contributed by atoms with E-state index >= 15 is 0 Å². The molecular weight excluding hydrogens is 234 g/mol. The van der Waals surface area contributed by atoms with Gasteiger partial charge in [0.2, 0.25) is 9.84 Å². The van der Waals surface area contributed by atoms with Crippen molar-refractivity contribution in [3.8, 4) is 0 Å². The van der Waals surface area contributed by atoms with Crippen molar-refractivity contribution in [2.24, 2.45) is 0 Å². The monoisotopic (exact) mass is 253 g/mol. The summed E-state index contributed by atoms with van der Waals surface area (Å²) in [6.45, 7) is 2.12. The molecule has 4 heteroatoms. The van der Waals surface area contributed by atoms with Gasteiger partial charge in [0, 0.05) is 5.41 Å². The van der Waals surface area contributed by atoms with Crippen molar-refractivity contribution >= 4 is 15.5 Å². The van der Waals surface area contributed by atoms with Gasteiger partial charge >= 0.3 is 0 Å². The highest BCUT2D eigenvalue weighted by atomic mass is 32.2. The first-order valence-electron chi connectivity index (χ1n) is 5.84. The van der Waals surface area contributed by atoms with Gasteiger partial charge in [-0.15, -0.1) is 0 Å². The Kier molecular flexibility index (Phi) is 5.22. The molecule has 0 aliphatic rings. The van der Waals surface area contributed by atoms with Crippen LogP contribution in [0.4, 0.5) is 5.69 Å². The fourth-order valence-corrected chi connectivity index (χ4v) is 2.72. The summed E-state index contributed by atoms with van der Waals surface area (Å²) in [5, 5.41) is 1.26. The molecule has 0 fully saturated rings. The summed E-state index contributed by atoms with van der Waals surface area (Å²) in [5.74, 6) is 0. The van der Waals surface area contributed by atoms with E-state index < -0.39 is 9.84 Å². The number of hydrogen-bond donors (Lipinski definition) is 1. The largest absolute Gasteiger partial charge is 0.398 e. The van der Waals surface area contributed by atoms with E-state index in [0.717, 1.165) is 25.7 Å². The number of unbranched alkanes of at least 4 members (excludes halogenated alkanes) is 3. The highest BCUT2D eigenvalue weighted by Crippen LogP contribution is 2.19. The van der Waals surface area contributed by atoms with Crippen molar-refractivity contribution in [2.45, 2.75) is 37.5 Å². The van der Waals surface area contributed by atoms with E-state index in [9.17, 15) is 8.42 Å². The number of rotatable bonds is 6. The lowest BCUT2D eigenvalue weighted by Crippen LogP contribution is -2.01. The van der Waals surface area contributed by atoms with Crippen LogP contribution in [0.5, 0.6) is 0 Å². The Morgan fingerprint density at radius 3 is 2.59 bits per heavy atom. The van der Waals surface area contributed by atoms with Gasteiger partial charge in [0.1, 0.15) is 0 Å². The van der Waals surface area contributed by atoms with Crippen molar-refractivity contribution in [1.82, 2.24) is 0 Å². The SMILES string of the molecule is CCCCC/C=C/S(=O)(=O)c1ccccc1N. The molecular formula is C13H19NO2S. The van der Waals surface area contributed by atoms with Gasteiger partial charge in [0.15, 0.2) is 0 Å². The van der Waals surface area contributed by atoms with E-state index in [-0.39, 0.29) is 4.90 Å². The first-order chi connectivity index (χ1) is 8.08. The second-order valence-corrected chi connectivity index (χ2v) is 5.75. The van der Waals surface area contributed by atoms with Crippen LogP contribution in [-0.2, 0) is 9.84 Å². The van der Waals surface area contributed by atoms with Gasteiger partial charge < -0.3 is 5.73 Å². The molecule has 0 aliphatic heterocycles. The molecule has 94 valence electrons. The Morgan fingerprint density at radius 1 is 1.24 bits per heavy atom. The van der Waals surface area contributed by atoms with Crippen LogP contribution >= 0.6 is 0 Å². The zero-order chi connectivity index (χ0) is 12.7. The van der Waals surface area contributed by atoms with Crippen LogP contribution in [-0.4, -0.2) is 8.42 Å². The molecule has 17 heavy (non-hydrogen) atoms. The maximum absolute atomic E-state index is 11.9. The average Bonchev–Trinajstić information content (AvgIpc) is 2.29. The zero-order valence-electron chi connectivity index (χ0n) is 10.1. The Bertz CT molecular complexity index is 478. The summed E-state index contributed by atoms with van der Waals surface area (Å²) in [5.41, 5.74) is 5.94. The molecule has 0 radical (unpaired) electrons. The lowest BCUT2D eigenvalue weighted by molar-refractivity contribution is 0.604. The van der Waals surface area contributed by atoms with Crippen molar-refractivity contribution in [3.05, 3.63) is 35.7 Å². The second kappa shape index (κ2) is 6.45. The molecule has 0 saturated heterocycles. The van der Waals surface area contributed by atoms with E-state index in [2.05, 4.69) is 6.92 Å². The summed E-state index contributed by atoms with van der Waals surface area (Å²) in [6.07, 6.45) is 5.77. The summed E-state index contributed by atoms with van der Waals surface area (Å²) >= 11 is 0. The summed E-state index contributed by atoms with van der Waals surface area (Å²) in [4.78, 5) is 0.187. The van der Waals surface area contributed by atoms with E-state index in [0.29, 0.717) is 5.69 Å². The molecule has 1 aromatic rings. The summed E-state index contributed by atoms with van der Waals surface area (Å²) in [7, 11) is -3.38. The molecule has 0 atom stereocenters. The lowest BCUT2D eigenvalue weighted by atomic mass is 10.2. The second-order valence-electron chi connectivity index (χ2n) is 3.95. The number of nitrogen functional groups attached to an aromatic ring is 1. The van der Waals surface area contributed by atoms with Gasteiger partial charge in [0.05, 0.1) is 10.6 Å². The molecule has 0 aromatic heterocycles. The third kappa shape index (κ3) is 4.23. The molecule has 0 heterocycles. The molecule has 0 spiro atoms. The number of allylic oxidation sites excluding steroid dienone is 1. The van der Waals surface area contributed by atoms with Gasteiger partial charge in [0.25, 0.3) is 0 Å². The standard InChI is InChI=1S/C13H19NO2S/c1-2-3-4-5-8-11-17(15,16)13-10-7-6-9-12(13)14/h6-11H,2-5,14H2,1H3/b11-8+. The van der Waals surface area contributed by atoms with Gasteiger partial charge in [-0.1, -0.05) is 38.0 Å². The molecule has 1 aromatic carbocycles. The smallest absolute Gasteiger partial charge is 0.201 e. The normalized spacial score (nSPS) is 12.1. The number of sulfone groups is 1. The van der Waals surface area contributed by atoms with E-state index in [4.69, 9.17) is 5.73 Å². The average molecular weight is 253 g/mol. The first kappa shape index (κ1) is 13.8. The topological polar surface area (TPSA) is 60.2 Å². The molecule has 3 nitrogen and oxygen atoms in total. The van der Waals surface area contributed by atoms with E-state index in [1.165, 1.54) is 11.5 Å². The molecule has 0 unspecified atom stereocenters. The number of benzene rings is 1. The highest BCUT2D eigenvalue weighted by molar-refractivity contribution is 7.94. The van der Waals surface area contributed by atoms with Crippen molar-refractivity contribution in [2.75, 3.05) is 5.73 Å². The predicted molar refractivity (Wildman–Crippen MR) is 71.3 cm³/mol. The molecule has 0 saturated carbocycles. The number of hydrogen-bond acceptors (Lipinski definition) is 3. The van der Waals surface area contributed by atoms with Gasteiger partial charge in [-0.2, -0.15) is 0 Å². The Balaban J connectivity index is 2.73. The summed E-state index contributed by atoms with van der Waals surface area (Å²) < 4.78 is 23.8. The van der Waals surface area contributed by atoms with Crippen molar-refractivity contribution in [3.63, 3.8) is 0 Å². The summed E-state index contributed by atoms with van der Waals surface area (Å²) in [6, 6.07) is 6.52. The quantitative estimate of drug-likeness (QED) is 0.626. The van der Waals surface area contributed by atoms with Gasteiger partial charge in [-0.05, 0) is 25.0 Å². The van der Waals surface area contributed by atoms with Crippen LogP contribution in [0.2, 0.25) is 0 Å². The van der Waals surface area contributed by atoms with Crippen LogP contribution in [0.15, 0.2) is 40.6 Å². The van der Waals surface area contributed by atoms with Crippen LogP contribution in [0.1, 0.15) is 32.6 Å². The van der Waals surface area contributed by atoms with Crippen molar-refractivity contribution in [1.29, 1.82) is 0 Å². The lowest BCUT2D eigenvalue weighted by Gasteiger charge is -2.02. The Hall–Kier alpha value is -1.29. The maximum atomic E-state index is 11.9. The minimum atomic E-state index is -3.38. The maximum Gasteiger partial charge on any atom is 0.201 e. The Morgan fingerprint density at radius 2 is 1.94 bits per heavy atom. The van der Waals surface area contributed by atoms with Crippen LogP contribution in [0.25, 0.3) is 0 Å². The van der Waals surface area contributed by atoms with E-state index in [1.54, 1.807) is 24.3 Å². The van der Waals surface area contributed by atoms with Crippen LogP contribution in [0, 0.1) is 0 Å². The van der Waals surface area contributed by atoms with Crippen LogP contribution in [0.3, 0.4) is 0 Å². The minimum Gasteiger partial charge on any atom is -0.398 e. The van der Waals surface area contributed by atoms with Crippen molar-refractivity contribution < 1.29 is 8.42 Å². The highest BCUT2D eigenvalue weighted by Gasteiger charge is 2.12. The third-order valence-electron chi connectivity index (χ3n) is 2.48. The minimum absolute atomic E-state index is 0.187. The Labute approximate surface area is 103 Å². The van der Waals surface area contributed by atoms with Crippen LogP contribution < -0.4 is 5.73 Å². The van der Waals surface area contributed by atoms with Gasteiger partial charge in [-0.3, -0.25) is 0 Å². The molecule has 2 N–H and O–H groups in total. The number of nitrogens with two attached hydrogens (primary N) is 1. The third-order valence-corrected chi connectivity index (χ3v) is 4.01. The molecule has 0 amide bonds. The molecule has 0 bridgehead atoms. The number of para-hydroxylation sites is 1. The predicted octanol–water partition coefficient (Wildman–Crippen LogP) is 3.14. The molecule has 0 aliphatic carbocycles. The zero-order valence-corrected chi connectivity index (χ0v) is 10.9. The fourth-order valence-electron chi connectivity index (χ4n) is 1.52. The van der Waals surface area contributed by atoms with Gasteiger partial charge in [-0.25, -0.2) is 8.42 Å². The number of anilines is 1. The first-order valence-corrected chi connectivity index (χ1v) is 7.38. The molecule has 1 rings (SSSR count).